The van der Waals surface area contributed by atoms with E-state index in [1.165, 1.54) is 0 Å². The lowest BCUT2D eigenvalue weighted by Gasteiger charge is -2.39. The van der Waals surface area contributed by atoms with E-state index in [4.69, 9.17) is 9.47 Å². The summed E-state index contributed by atoms with van der Waals surface area (Å²) in [5.74, 6) is -1.32. The zero-order valence-corrected chi connectivity index (χ0v) is 18.4. The molecule has 0 bridgehead atoms. The van der Waals surface area contributed by atoms with Crippen LogP contribution in [0.2, 0.25) is 0 Å². The monoisotopic (exact) mass is 428 g/mol. The predicted molar refractivity (Wildman–Crippen MR) is 117 cm³/mol. The Kier molecular flexibility index (Phi) is 9.21. The smallest absolute Gasteiger partial charge is 0.341 e. The second-order valence-corrected chi connectivity index (χ2v) is 7.90. The largest absolute Gasteiger partial charge is 0.421 e. The van der Waals surface area contributed by atoms with Gasteiger partial charge in [-0.25, -0.2) is 9.59 Å². The Morgan fingerprint density at radius 2 is 1.29 bits per heavy atom. The Bertz CT molecular complexity index is 769. The molecular formula is C25H32O6. The molecule has 0 heterocycles. The number of carbonyl (C=O) groups excluding carboxylic acids is 2. The van der Waals surface area contributed by atoms with Gasteiger partial charge in [0.15, 0.2) is 0 Å². The maximum absolute atomic E-state index is 12.6. The van der Waals surface area contributed by atoms with E-state index in [0.29, 0.717) is 24.0 Å². The Labute approximate surface area is 183 Å². The number of aliphatic hydroxyl groups excluding tert-OH is 2. The van der Waals surface area contributed by atoms with Crippen molar-refractivity contribution < 1.29 is 29.3 Å². The first-order valence-corrected chi connectivity index (χ1v) is 10.7. The number of esters is 2. The summed E-state index contributed by atoms with van der Waals surface area (Å²) in [5, 5.41) is 21.5. The number of hydrogen-bond acceptors (Lipinski definition) is 6. The molecule has 0 fully saturated rings. The SMILES string of the molecule is CCCC(C)(C(O)CC)C(O)CC(OC(=O)c1ccccc1)OC(=O)c1ccccc1. The number of hydrogen-bond donors (Lipinski definition) is 2. The molecule has 3 unspecified atom stereocenters. The summed E-state index contributed by atoms with van der Waals surface area (Å²) in [6.45, 7) is 5.60. The van der Waals surface area contributed by atoms with Crippen LogP contribution in [0.5, 0.6) is 0 Å². The zero-order valence-electron chi connectivity index (χ0n) is 18.4. The molecule has 6 heteroatoms. The summed E-state index contributed by atoms with van der Waals surface area (Å²) < 4.78 is 10.9. The van der Waals surface area contributed by atoms with E-state index in [-0.39, 0.29) is 6.42 Å². The minimum atomic E-state index is -1.31. The maximum Gasteiger partial charge on any atom is 0.341 e. The van der Waals surface area contributed by atoms with Gasteiger partial charge in [-0.05, 0) is 37.1 Å². The number of benzene rings is 2. The van der Waals surface area contributed by atoms with Crippen LogP contribution in [0.4, 0.5) is 0 Å². The highest BCUT2D eigenvalue weighted by Gasteiger charge is 2.40. The summed E-state index contributed by atoms with van der Waals surface area (Å²) in [6.07, 6.45) is -1.48. The fourth-order valence-corrected chi connectivity index (χ4v) is 3.66. The lowest BCUT2D eigenvalue weighted by molar-refractivity contribution is -0.131. The van der Waals surface area contributed by atoms with Crippen molar-refractivity contribution in [2.75, 3.05) is 0 Å². The highest BCUT2D eigenvalue weighted by molar-refractivity contribution is 5.91. The molecule has 2 rings (SSSR count). The van der Waals surface area contributed by atoms with E-state index in [9.17, 15) is 19.8 Å². The summed E-state index contributed by atoms with van der Waals surface area (Å²) in [7, 11) is 0. The zero-order chi connectivity index (χ0) is 22.9. The van der Waals surface area contributed by atoms with Crippen molar-refractivity contribution in [1.29, 1.82) is 0 Å². The van der Waals surface area contributed by atoms with Gasteiger partial charge in [0.2, 0.25) is 0 Å². The van der Waals surface area contributed by atoms with Crippen LogP contribution in [-0.4, -0.2) is 40.6 Å². The van der Waals surface area contributed by atoms with Crippen LogP contribution in [0.1, 0.15) is 67.2 Å². The van der Waals surface area contributed by atoms with Gasteiger partial charge in [-0.1, -0.05) is 63.6 Å². The molecule has 0 radical (unpaired) electrons. The van der Waals surface area contributed by atoms with E-state index >= 15 is 0 Å². The molecule has 168 valence electrons. The normalized spacial score (nSPS) is 15.0. The van der Waals surface area contributed by atoms with Crippen LogP contribution in [0, 0.1) is 5.41 Å². The second kappa shape index (κ2) is 11.6. The standard InChI is InChI=1S/C25H32O6/c1-4-16-25(3,20(26)5-2)21(27)17-22(30-23(28)18-12-8-6-9-13-18)31-24(29)19-14-10-7-11-15-19/h6-15,20-22,26-27H,4-5,16-17H2,1-3H3. The molecule has 0 saturated carbocycles. The first kappa shape index (κ1) is 24.6. The van der Waals surface area contributed by atoms with Gasteiger partial charge >= 0.3 is 11.9 Å². The highest BCUT2D eigenvalue weighted by atomic mass is 16.7. The molecule has 6 nitrogen and oxygen atoms in total. The Balaban J connectivity index is 2.23. The second-order valence-electron chi connectivity index (χ2n) is 7.90. The van der Waals surface area contributed by atoms with Crippen LogP contribution in [0.25, 0.3) is 0 Å². The van der Waals surface area contributed by atoms with Crippen molar-refractivity contribution in [2.24, 2.45) is 5.41 Å². The molecular weight excluding hydrogens is 396 g/mol. The van der Waals surface area contributed by atoms with Gasteiger partial charge in [-0.15, -0.1) is 0 Å². The fraction of sp³-hybridized carbons (Fsp3) is 0.440. The van der Waals surface area contributed by atoms with Gasteiger partial charge < -0.3 is 19.7 Å². The van der Waals surface area contributed by atoms with Gasteiger partial charge in [0.25, 0.3) is 6.29 Å². The van der Waals surface area contributed by atoms with E-state index in [1.54, 1.807) is 67.6 Å². The summed E-state index contributed by atoms with van der Waals surface area (Å²) in [4.78, 5) is 25.2. The van der Waals surface area contributed by atoms with Gasteiger partial charge in [0, 0.05) is 11.8 Å². The average molecular weight is 429 g/mol. The third kappa shape index (κ3) is 6.64. The Morgan fingerprint density at radius 3 is 1.68 bits per heavy atom. The predicted octanol–water partition coefficient (Wildman–Crippen LogP) is 4.35. The van der Waals surface area contributed by atoms with Crippen molar-refractivity contribution in [2.45, 2.75) is 65.0 Å². The first-order chi connectivity index (χ1) is 14.8. The van der Waals surface area contributed by atoms with Crippen molar-refractivity contribution in [3.05, 3.63) is 71.8 Å². The van der Waals surface area contributed by atoms with Crippen molar-refractivity contribution in [1.82, 2.24) is 0 Å². The lowest BCUT2D eigenvalue weighted by Crippen LogP contribution is -2.45. The van der Waals surface area contributed by atoms with Crippen LogP contribution in [0.3, 0.4) is 0 Å². The van der Waals surface area contributed by atoms with Crippen molar-refractivity contribution in [3.8, 4) is 0 Å². The number of carbonyl (C=O) groups is 2. The number of ether oxygens (including phenoxy) is 2. The minimum Gasteiger partial charge on any atom is -0.421 e. The molecule has 0 aliphatic carbocycles. The first-order valence-electron chi connectivity index (χ1n) is 10.7. The number of aliphatic hydroxyl groups is 2. The van der Waals surface area contributed by atoms with E-state index in [1.807, 2.05) is 13.8 Å². The molecule has 3 atom stereocenters. The molecule has 2 aromatic rings. The van der Waals surface area contributed by atoms with Crippen molar-refractivity contribution >= 4 is 11.9 Å². The fourth-order valence-electron chi connectivity index (χ4n) is 3.66. The summed E-state index contributed by atoms with van der Waals surface area (Å²) in [5.41, 5.74) is -0.217. The minimum absolute atomic E-state index is 0.148. The molecule has 31 heavy (non-hydrogen) atoms. The maximum atomic E-state index is 12.6. The molecule has 0 saturated heterocycles. The van der Waals surface area contributed by atoms with Gasteiger partial charge in [0.05, 0.1) is 23.3 Å². The van der Waals surface area contributed by atoms with Crippen LogP contribution >= 0.6 is 0 Å². The van der Waals surface area contributed by atoms with E-state index in [2.05, 4.69) is 0 Å². The van der Waals surface area contributed by atoms with Crippen LogP contribution in [-0.2, 0) is 9.47 Å². The topological polar surface area (TPSA) is 93.1 Å². The molecule has 2 aromatic carbocycles. The third-order valence-corrected chi connectivity index (χ3v) is 5.61. The van der Waals surface area contributed by atoms with Gasteiger partial charge in [-0.2, -0.15) is 0 Å². The van der Waals surface area contributed by atoms with Crippen LogP contribution < -0.4 is 0 Å². The quantitative estimate of drug-likeness (QED) is 0.408. The molecule has 0 aromatic heterocycles. The van der Waals surface area contributed by atoms with Crippen molar-refractivity contribution in [3.63, 3.8) is 0 Å². The van der Waals surface area contributed by atoms with Gasteiger partial charge in [0.1, 0.15) is 0 Å². The molecule has 0 spiro atoms. The number of rotatable bonds is 11. The van der Waals surface area contributed by atoms with Crippen LogP contribution in [0.15, 0.2) is 60.7 Å². The summed E-state index contributed by atoms with van der Waals surface area (Å²) >= 11 is 0. The third-order valence-electron chi connectivity index (χ3n) is 5.61. The summed E-state index contributed by atoms with van der Waals surface area (Å²) in [6, 6.07) is 16.7. The molecule has 0 amide bonds. The van der Waals surface area contributed by atoms with Gasteiger partial charge in [-0.3, -0.25) is 0 Å². The molecule has 0 aliphatic rings. The Hall–Kier alpha value is -2.70. The average Bonchev–Trinajstić information content (AvgIpc) is 2.79. The molecule has 2 N–H and O–H groups in total. The molecule has 0 aliphatic heterocycles. The lowest BCUT2D eigenvalue weighted by atomic mass is 9.73. The van der Waals surface area contributed by atoms with E-state index < -0.39 is 35.9 Å². The Morgan fingerprint density at radius 1 is 0.839 bits per heavy atom. The highest BCUT2D eigenvalue weighted by Crippen LogP contribution is 2.36. The van der Waals surface area contributed by atoms with E-state index in [0.717, 1.165) is 6.42 Å².